The second kappa shape index (κ2) is 5.07. The maximum absolute atomic E-state index is 12.1. The Morgan fingerprint density at radius 1 is 1.56 bits per heavy atom. The number of morpholine rings is 1. The van der Waals surface area contributed by atoms with Crippen LogP contribution in [-0.4, -0.2) is 36.2 Å². The van der Waals surface area contributed by atoms with Gasteiger partial charge in [0.25, 0.3) is 5.91 Å². The minimum Gasteiger partial charge on any atom is -0.444 e. The van der Waals surface area contributed by atoms with Crippen molar-refractivity contribution >= 4 is 5.91 Å². The monoisotopic (exact) mass is 253 g/mol. The van der Waals surface area contributed by atoms with Gasteiger partial charge < -0.3 is 19.8 Å². The summed E-state index contributed by atoms with van der Waals surface area (Å²) in [6, 6.07) is 0. The molecule has 0 aliphatic carbocycles. The van der Waals surface area contributed by atoms with Crippen molar-refractivity contribution in [3.63, 3.8) is 0 Å². The molecule has 18 heavy (non-hydrogen) atoms. The van der Waals surface area contributed by atoms with Crippen LogP contribution in [0.25, 0.3) is 0 Å². The molecule has 1 aromatic heterocycles. The molecule has 100 valence electrons. The summed E-state index contributed by atoms with van der Waals surface area (Å²) in [6.45, 7) is 7.62. The highest BCUT2D eigenvalue weighted by molar-refractivity contribution is 5.85. The molecule has 2 N–H and O–H groups in total. The predicted molar refractivity (Wildman–Crippen MR) is 65.1 cm³/mol. The second-order valence-corrected chi connectivity index (χ2v) is 4.68. The van der Waals surface area contributed by atoms with Gasteiger partial charge in [-0.2, -0.15) is 0 Å². The van der Waals surface area contributed by atoms with Gasteiger partial charge in [0.15, 0.2) is 11.5 Å². The molecule has 1 amide bonds. The van der Waals surface area contributed by atoms with Crippen LogP contribution in [0.1, 0.15) is 24.3 Å². The van der Waals surface area contributed by atoms with Crippen molar-refractivity contribution in [2.45, 2.75) is 32.9 Å². The Kier molecular flexibility index (Phi) is 3.68. The molecule has 1 unspecified atom stereocenters. The van der Waals surface area contributed by atoms with Gasteiger partial charge in [0.1, 0.15) is 5.76 Å². The molecule has 0 bridgehead atoms. The van der Waals surface area contributed by atoms with E-state index in [2.05, 4.69) is 15.6 Å². The van der Waals surface area contributed by atoms with E-state index in [1.807, 2.05) is 6.92 Å². The smallest absolute Gasteiger partial charge is 0.253 e. The molecule has 1 aliphatic heterocycles. The maximum atomic E-state index is 12.1. The van der Waals surface area contributed by atoms with Crippen LogP contribution < -0.4 is 10.6 Å². The molecule has 1 fully saturated rings. The topological polar surface area (TPSA) is 76.4 Å². The quantitative estimate of drug-likeness (QED) is 0.809. The third-order valence-electron chi connectivity index (χ3n) is 3.05. The average molecular weight is 253 g/mol. The first-order valence-corrected chi connectivity index (χ1v) is 6.07. The summed E-state index contributed by atoms with van der Waals surface area (Å²) in [6.07, 6.45) is 0. The van der Waals surface area contributed by atoms with E-state index in [1.165, 1.54) is 0 Å². The molecule has 2 rings (SSSR count). The summed E-state index contributed by atoms with van der Waals surface area (Å²) in [4.78, 5) is 16.2. The Morgan fingerprint density at radius 2 is 2.33 bits per heavy atom. The van der Waals surface area contributed by atoms with Crippen LogP contribution in [-0.2, 0) is 16.1 Å². The lowest BCUT2D eigenvalue weighted by molar-refractivity contribution is -0.148. The molecular formula is C12H19N3O3. The Labute approximate surface area is 106 Å². The standard InChI is InChI=1S/C12H19N3O3/c1-8-10(18-9(2)15-8)6-14-11(16)12(3)7-13-4-5-17-12/h13H,4-7H2,1-3H3,(H,14,16). The van der Waals surface area contributed by atoms with E-state index in [1.54, 1.807) is 13.8 Å². The number of amides is 1. The zero-order chi connectivity index (χ0) is 13.2. The number of aromatic nitrogens is 1. The molecule has 0 saturated carbocycles. The highest BCUT2D eigenvalue weighted by atomic mass is 16.5. The van der Waals surface area contributed by atoms with E-state index in [-0.39, 0.29) is 5.91 Å². The summed E-state index contributed by atoms with van der Waals surface area (Å²) in [5.41, 5.74) is 0.00180. The van der Waals surface area contributed by atoms with Gasteiger partial charge in [0, 0.05) is 20.0 Å². The number of ether oxygens (including phenoxy) is 1. The van der Waals surface area contributed by atoms with E-state index in [9.17, 15) is 4.79 Å². The summed E-state index contributed by atoms with van der Waals surface area (Å²) < 4.78 is 10.9. The molecule has 6 nitrogen and oxygen atoms in total. The SMILES string of the molecule is Cc1nc(C)c(CNC(=O)C2(C)CNCCO2)o1. The zero-order valence-corrected chi connectivity index (χ0v) is 11.0. The van der Waals surface area contributed by atoms with Gasteiger partial charge in [0.05, 0.1) is 18.8 Å². The molecule has 0 radical (unpaired) electrons. The van der Waals surface area contributed by atoms with E-state index in [0.717, 1.165) is 12.2 Å². The molecule has 0 aromatic carbocycles. The fourth-order valence-electron chi connectivity index (χ4n) is 1.96. The number of hydrogen-bond donors (Lipinski definition) is 2. The molecule has 1 aliphatic rings. The van der Waals surface area contributed by atoms with Crippen molar-refractivity contribution in [2.75, 3.05) is 19.7 Å². The molecular weight excluding hydrogens is 234 g/mol. The lowest BCUT2D eigenvalue weighted by Crippen LogP contribution is -2.56. The van der Waals surface area contributed by atoms with Gasteiger partial charge in [-0.15, -0.1) is 0 Å². The van der Waals surface area contributed by atoms with Crippen molar-refractivity contribution in [1.82, 2.24) is 15.6 Å². The summed E-state index contributed by atoms with van der Waals surface area (Å²) in [7, 11) is 0. The predicted octanol–water partition coefficient (Wildman–Crippen LogP) is 0.286. The van der Waals surface area contributed by atoms with Crippen molar-refractivity contribution in [3.8, 4) is 0 Å². The third kappa shape index (κ3) is 2.70. The van der Waals surface area contributed by atoms with Gasteiger partial charge in [0.2, 0.25) is 0 Å². The van der Waals surface area contributed by atoms with Crippen molar-refractivity contribution < 1.29 is 13.9 Å². The van der Waals surface area contributed by atoms with Crippen molar-refractivity contribution in [2.24, 2.45) is 0 Å². The zero-order valence-electron chi connectivity index (χ0n) is 11.0. The van der Waals surface area contributed by atoms with Crippen LogP contribution in [0.4, 0.5) is 0 Å². The number of carbonyl (C=O) groups excluding carboxylic acids is 1. The number of rotatable bonds is 3. The van der Waals surface area contributed by atoms with E-state index < -0.39 is 5.60 Å². The molecule has 1 aromatic rings. The van der Waals surface area contributed by atoms with E-state index in [0.29, 0.717) is 31.3 Å². The van der Waals surface area contributed by atoms with Crippen LogP contribution in [0.5, 0.6) is 0 Å². The Morgan fingerprint density at radius 3 is 2.89 bits per heavy atom. The number of aryl methyl sites for hydroxylation is 2. The Hall–Kier alpha value is -1.40. The van der Waals surface area contributed by atoms with Crippen LogP contribution in [0.15, 0.2) is 4.42 Å². The first-order chi connectivity index (χ1) is 8.51. The van der Waals surface area contributed by atoms with Crippen LogP contribution in [0.3, 0.4) is 0 Å². The number of oxazole rings is 1. The highest BCUT2D eigenvalue weighted by Gasteiger charge is 2.35. The fraction of sp³-hybridized carbons (Fsp3) is 0.667. The lowest BCUT2D eigenvalue weighted by atomic mass is 10.0. The number of nitrogens with one attached hydrogen (secondary N) is 2. The highest BCUT2D eigenvalue weighted by Crippen LogP contribution is 2.14. The molecule has 0 spiro atoms. The van der Waals surface area contributed by atoms with Gasteiger partial charge in [-0.05, 0) is 13.8 Å². The number of hydrogen-bond acceptors (Lipinski definition) is 5. The third-order valence-corrected chi connectivity index (χ3v) is 3.05. The Balaban J connectivity index is 1.93. The summed E-state index contributed by atoms with van der Waals surface area (Å²) in [5.74, 6) is 1.16. The minimum atomic E-state index is -0.804. The van der Waals surface area contributed by atoms with E-state index >= 15 is 0 Å². The van der Waals surface area contributed by atoms with Crippen LogP contribution in [0.2, 0.25) is 0 Å². The van der Waals surface area contributed by atoms with Crippen LogP contribution >= 0.6 is 0 Å². The van der Waals surface area contributed by atoms with E-state index in [4.69, 9.17) is 9.15 Å². The number of nitrogens with zero attached hydrogens (tertiary/aromatic N) is 1. The average Bonchev–Trinajstić information content (AvgIpc) is 2.65. The first-order valence-electron chi connectivity index (χ1n) is 6.07. The van der Waals surface area contributed by atoms with Gasteiger partial charge in [-0.1, -0.05) is 0 Å². The van der Waals surface area contributed by atoms with Crippen LogP contribution in [0, 0.1) is 13.8 Å². The van der Waals surface area contributed by atoms with Gasteiger partial charge in [-0.25, -0.2) is 4.98 Å². The number of carbonyl (C=O) groups is 1. The molecule has 1 saturated heterocycles. The van der Waals surface area contributed by atoms with Crippen molar-refractivity contribution in [3.05, 3.63) is 17.3 Å². The molecule has 6 heteroatoms. The maximum Gasteiger partial charge on any atom is 0.253 e. The molecule has 1 atom stereocenters. The van der Waals surface area contributed by atoms with Gasteiger partial charge >= 0.3 is 0 Å². The normalized spacial score (nSPS) is 23.9. The van der Waals surface area contributed by atoms with Crippen molar-refractivity contribution in [1.29, 1.82) is 0 Å². The lowest BCUT2D eigenvalue weighted by Gasteiger charge is -2.32. The Bertz CT molecular complexity index is 436. The first kappa shape index (κ1) is 13.0. The molecule has 2 heterocycles. The summed E-state index contributed by atoms with van der Waals surface area (Å²) >= 11 is 0. The largest absolute Gasteiger partial charge is 0.444 e. The van der Waals surface area contributed by atoms with Gasteiger partial charge in [-0.3, -0.25) is 4.79 Å². The second-order valence-electron chi connectivity index (χ2n) is 4.68. The minimum absolute atomic E-state index is 0.136. The fourth-order valence-corrected chi connectivity index (χ4v) is 1.96. The summed E-state index contributed by atoms with van der Waals surface area (Å²) in [5, 5.41) is 5.97.